The van der Waals surface area contributed by atoms with Gasteiger partial charge in [0, 0.05) is 11.3 Å². The molecule has 0 aromatic heterocycles. The van der Waals surface area contributed by atoms with Gasteiger partial charge in [0.1, 0.15) is 5.82 Å². The van der Waals surface area contributed by atoms with E-state index in [1.54, 1.807) is 6.92 Å². The Hall–Kier alpha value is -2.78. The first-order chi connectivity index (χ1) is 12.4. The summed E-state index contributed by atoms with van der Waals surface area (Å²) in [4.78, 5) is 12.1. The average molecular weight is 394 g/mol. The van der Waals surface area contributed by atoms with Crippen LogP contribution in [-0.4, -0.2) is 23.9 Å². The van der Waals surface area contributed by atoms with Crippen LogP contribution in [0.4, 0.5) is 36.4 Å². The molecule has 0 aliphatic carbocycles. The summed E-state index contributed by atoms with van der Waals surface area (Å²) in [6, 6.07) is 7.68. The van der Waals surface area contributed by atoms with Crippen LogP contribution in [0.5, 0.6) is 0 Å². The number of benzene rings is 2. The number of amides is 1. The fourth-order valence-corrected chi connectivity index (χ4v) is 2.17. The molecule has 2 aromatic rings. The SMILES string of the molecule is Cc1ccc(C(=O)NC(Nc2ccc(F)cc2)(C(F)(F)F)C(F)(F)F)cc1. The number of aryl methyl sites for hydroxylation is 1. The van der Waals surface area contributed by atoms with Gasteiger partial charge in [-0.3, -0.25) is 4.79 Å². The van der Waals surface area contributed by atoms with Gasteiger partial charge in [0.05, 0.1) is 0 Å². The van der Waals surface area contributed by atoms with E-state index in [1.807, 2.05) is 0 Å². The number of alkyl halides is 6. The first-order valence-corrected chi connectivity index (χ1v) is 7.42. The van der Waals surface area contributed by atoms with Crippen LogP contribution < -0.4 is 10.6 Å². The van der Waals surface area contributed by atoms with Gasteiger partial charge < -0.3 is 10.6 Å². The molecular weight excluding hydrogens is 381 g/mol. The Labute approximate surface area is 149 Å². The first-order valence-electron chi connectivity index (χ1n) is 7.42. The maximum absolute atomic E-state index is 13.5. The van der Waals surface area contributed by atoms with Crippen LogP contribution in [0.2, 0.25) is 0 Å². The lowest BCUT2D eigenvalue weighted by Gasteiger charge is -2.39. The number of hydrogen-bond donors (Lipinski definition) is 2. The van der Waals surface area contributed by atoms with Crippen LogP contribution in [0.25, 0.3) is 0 Å². The Morgan fingerprint density at radius 2 is 1.30 bits per heavy atom. The lowest BCUT2D eigenvalue weighted by atomic mass is 10.1. The molecule has 0 spiro atoms. The molecule has 0 radical (unpaired) electrons. The zero-order valence-electron chi connectivity index (χ0n) is 13.7. The summed E-state index contributed by atoms with van der Waals surface area (Å²) in [6.45, 7) is 1.63. The molecule has 27 heavy (non-hydrogen) atoms. The van der Waals surface area contributed by atoms with Gasteiger partial charge in [0.25, 0.3) is 5.91 Å². The normalized spacial score (nSPS) is 12.6. The molecule has 0 bridgehead atoms. The minimum atomic E-state index is -5.96. The van der Waals surface area contributed by atoms with Crippen molar-refractivity contribution in [1.29, 1.82) is 0 Å². The van der Waals surface area contributed by atoms with Crippen LogP contribution in [0.1, 0.15) is 15.9 Å². The number of nitrogens with one attached hydrogen (secondary N) is 2. The van der Waals surface area contributed by atoms with E-state index < -0.39 is 35.4 Å². The summed E-state index contributed by atoms with van der Waals surface area (Å²) < 4.78 is 93.9. The molecule has 0 heterocycles. The van der Waals surface area contributed by atoms with E-state index in [9.17, 15) is 35.5 Å². The number of hydrogen-bond acceptors (Lipinski definition) is 2. The van der Waals surface area contributed by atoms with E-state index in [0.717, 1.165) is 17.4 Å². The van der Waals surface area contributed by atoms with E-state index in [2.05, 4.69) is 0 Å². The molecule has 2 rings (SSSR count). The van der Waals surface area contributed by atoms with E-state index >= 15 is 0 Å². The van der Waals surface area contributed by atoms with Crippen LogP contribution in [0, 0.1) is 12.7 Å². The standard InChI is InChI=1S/C17H13F7N2O/c1-10-2-4-11(5-3-10)14(27)26-15(16(19,20)21,17(22,23)24)25-13-8-6-12(18)7-9-13/h2-9,25H,1H3,(H,26,27). The van der Waals surface area contributed by atoms with Crippen molar-refractivity contribution in [3.05, 3.63) is 65.5 Å². The zero-order valence-corrected chi connectivity index (χ0v) is 13.7. The van der Waals surface area contributed by atoms with Gasteiger partial charge >= 0.3 is 18.0 Å². The van der Waals surface area contributed by atoms with Crippen molar-refractivity contribution in [3.8, 4) is 0 Å². The van der Waals surface area contributed by atoms with E-state index in [4.69, 9.17) is 0 Å². The van der Waals surface area contributed by atoms with Gasteiger partial charge in [0.15, 0.2) is 0 Å². The van der Waals surface area contributed by atoms with Crippen molar-refractivity contribution >= 4 is 11.6 Å². The maximum atomic E-state index is 13.5. The molecule has 0 unspecified atom stereocenters. The topological polar surface area (TPSA) is 41.1 Å². The third-order valence-electron chi connectivity index (χ3n) is 3.64. The summed E-state index contributed by atoms with van der Waals surface area (Å²) in [5, 5.41) is 2.28. The lowest BCUT2D eigenvalue weighted by Crippen LogP contribution is -2.72. The van der Waals surface area contributed by atoms with Crippen molar-refractivity contribution < 1.29 is 35.5 Å². The molecule has 0 fully saturated rings. The molecule has 3 nitrogen and oxygen atoms in total. The minimum absolute atomic E-state index is 0.389. The van der Waals surface area contributed by atoms with E-state index in [1.165, 1.54) is 17.4 Å². The maximum Gasteiger partial charge on any atom is 0.439 e. The van der Waals surface area contributed by atoms with Crippen LogP contribution in [0.15, 0.2) is 48.5 Å². The molecule has 0 atom stereocenters. The molecule has 2 aromatic carbocycles. The van der Waals surface area contributed by atoms with Gasteiger partial charge in [-0.2, -0.15) is 26.3 Å². The molecule has 0 saturated carbocycles. The van der Waals surface area contributed by atoms with E-state index in [-0.39, 0.29) is 5.56 Å². The molecule has 0 saturated heterocycles. The largest absolute Gasteiger partial charge is 0.439 e. The van der Waals surface area contributed by atoms with E-state index in [0.29, 0.717) is 29.8 Å². The molecule has 146 valence electrons. The third-order valence-corrected chi connectivity index (χ3v) is 3.64. The quantitative estimate of drug-likeness (QED) is 0.578. The van der Waals surface area contributed by atoms with Gasteiger partial charge in [0.2, 0.25) is 0 Å². The number of carbonyl (C=O) groups is 1. The number of anilines is 1. The fourth-order valence-electron chi connectivity index (χ4n) is 2.17. The van der Waals surface area contributed by atoms with Crippen LogP contribution in [-0.2, 0) is 0 Å². The Bertz CT molecular complexity index is 782. The third kappa shape index (κ3) is 4.32. The van der Waals surface area contributed by atoms with Crippen LogP contribution >= 0.6 is 0 Å². The van der Waals surface area contributed by atoms with Gasteiger partial charge in [-0.25, -0.2) is 4.39 Å². The lowest BCUT2D eigenvalue weighted by molar-refractivity contribution is -0.294. The number of carbonyl (C=O) groups excluding carboxylic acids is 1. The highest BCUT2D eigenvalue weighted by atomic mass is 19.4. The first kappa shape index (κ1) is 20.5. The second-order valence-electron chi connectivity index (χ2n) is 5.70. The Morgan fingerprint density at radius 3 is 1.74 bits per heavy atom. The Morgan fingerprint density at radius 1 is 0.815 bits per heavy atom. The molecular formula is C17H13F7N2O. The van der Waals surface area contributed by atoms with Crippen molar-refractivity contribution in [3.63, 3.8) is 0 Å². The van der Waals surface area contributed by atoms with Gasteiger partial charge in [-0.1, -0.05) is 17.7 Å². The second-order valence-corrected chi connectivity index (χ2v) is 5.70. The summed E-state index contributed by atoms with van der Waals surface area (Å²) in [5.74, 6) is -2.44. The molecule has 0 aliphatic rings. The summed E-state index contributed by atoms with van der Waals surface area (Å²) in [7, 11) is 0. The van der Waals surface area contributed by atoms with Gasteiger partial charge in [-0.05, 0) is 43.3 Å². The minimum Gasteiger partial charge on any atom is -0.348 e. The summed E-state index contributed by atoms with van der Waals surface area (Å²) in [6.07, 6.45) is -11.9. The van der Waals surface area contributed by atoms with Crippen molar-refractivity contribution in [2.45, 2.75) is 24.9 Å². The number of rotatable bonds is 4. The van der Waals surface area contributed by atoms with Crippen molar-refractivity contribution in [2.24, 2.45) is 0 Å². The predicted molar refractivity (Wildman–Crippen MR) is 83.5 cm³/mol. The molecule has 10 heteroatoms. The highest BCUT2D eigenvalue weighted by Gasteiger charge is 2.72. The summed E-state index contributed by atoms with van der Waals surface area (Å²) in [5.41, 5.74) is -5.19. The Balaban J connectivity index is 2.49. The van der Waals surface area contributed by atoms with Crippen molar-refractivity contribution in [1.82, 2.24) is 5.32 Å². The second kappa shape index (κ2) is 7.09. The molecule has 2 N–H and O–H groups in total. The molecule has 0 aliphatic heterocycles. The summed E-state index contributed by atoms with van der Waals surface area (Å²) >= 11 is 0. The Kier molecular flexibility index (Phi) is 5.39. The van der Waals surface area contributed by atoms with Gasteiger partial charge in [-0.15, -0.1) is 0 Å². The van der Waals surface area contributed by atoms with Crippen LogP contribution in [0.3, 0.4) is 0 Å². The zero-order chi connectivity index (χ0) is 20.5. The average Bonchev–Trinajstić information content (AvgIpc) is 2.54. The number of halogens is 7. The highest BCUT2D eigenvalue weighted by molar-refractivity contribution is 5.95. The highest BCUT2D eigenvalue weighted by Crippen LogP contribution is 2.43. The monoisotopic (exact) mass is 394 g/mol. The molecule has 1 amide bonds. The smallest absolute Gasteiger partial charge is 0.348 e. The fraction of sp³-hybridized carbons (Fsp3) is 0.235. The van der Waals surface area contributed by atoms with Crippen molar-refractivity contribution in [2.75, 3.05) is 5.32 Å². The predicted octanol–water partition coefficient (Wildman–Crippen LogP) is 4.80.